The van der Waals surface area contributed by atoms with Crippen LogP contribution in [0.4, 0.5) is 0 Å². The molecule has 0 saturated carbocycles. The molecule has 0 aliphatic rings. The maximum absolute atomic E-state index is 13.8. The summed E-state index contributed by atoms with van der Waals surface area (Å²) in [5.74, 6) is -0.369. The van der Waals surface area contributed by atoms with Gasteiger partial charge >= 0.3 is 0 Å². The second-order valence-electron chi connectivity index (χ2n) is 8.33. The fourth-order valence-corrected chi connectivity index (χ4v) is 5.92. The molecule has 0 aliphatic heterocycles. The Balaban J connectivity index is 1.92. The molecule has 0 unspecified atom stereocenters. The second-order valence-corrected chi connectivity index (χ2v) is 10.6. The van der Waals surface area contributed by atoms with Gasteiger partial charge in [-0.25, -0.2) is 8.42 Å². The van der Waals surface area contributed by atoms with E-state index in [9.17, 15) is 13.2 Å². The molecule has 174 valence electrons. The van der Waals surface area contributed by atoms with Crippen LogP contribution in [0.2, 0.25) is 5.02 Å². The van der Waals surface area contributed by atoms with Gasteiger partial charge in [-0.1, -0.05) is 71.8 Å². The minimum Gasteiger partial charge on any atom is -0.348 e. The number of aryl methyl sites for hydroxylation is 3. The van der Waals surface area contributed by atoms with E-state index in [1.165, 1.54) is 4.31 Å². The van der Waals surface area contributed by atoms with Gasteiger partial charge in [-0.3, -0.25) is 4.79 Å². The zero-order valence-electron chi connectivity index (χ0n) is 19.3. The number of benzene rings is 3. The molecule has 0 aromatic heterocycles. The van der Waals surface area contributed by atoms with Crippen LogP contribution in [-0.2, 0) is 21.4 Å². The van der Waals surface area contributed by atoms with Crippen molar-refractivity contribution in [2.24, 2.45) is 0 Å². The highest BCUT2D eigenvalue weighted by Crippen LogP contribution is 2.27. The van der Waals surface area contributed by atoms with E-state index in [4.69, 9.17) is 11.6 Å². The van der Waals surface area contributed by atoms with Gasteiger partial charge in [-0.2, -0.15) is 4.31 Å². The van der Waals surface area contributed by atoms with Gasteiger partial charge in [0.2, 0.25) is 15.9 Å². The van der Waals surface area contributed by atoms with Crippen LogP contribution in [0.25, 0.3) is 0 Å². The molecule has 0 fully saturated rings. The van der Waals surface area contributed by atoms with Crippen molar-refractivity contribution in [1.29, 1.82) is 0 Å². The van der Waals surface area contributed by atoms with E-state index >= 15 is 0 Å². The van der Waals surface area contributed by atoms with Gasteiger partial charge in [0, 0.05) is 11.6 Å². The molecule has 33 heavy (non-hydrogen) atoms. The van der Waals surface area contributed by atoms with Crippen LogP contribution in [0.5, 0.6) is 0 Å². The zero-order valence-corrected chi connectivity index (χ0v) is 20.9. The standard InChI is InChI=1S/C26H29ClN2O3S/c1-18-14-19(2)26(20(3)15-18)33(31,32)29(16-22-10-12-24(27)13-11-22)17-25(30)28-21(4)23-8-6-5-7-9-23/h5-15,21H,16-17H2,1-4H3,(H,28,30)/t21-/m1/s1. The van der Waals surface area contributed by atoms with Gasteiger partial charge < -0.3 is 5.32 Å². The van der Waals surface area contributed by atoms with Crippen LogP contribution in [-0.4, -0.2) is 25.2 Å². The van der Waals surface area contributed by atoms with Crippen LogP contribution in [0.3, 0.4) is 0 Å². The number of amides is 1. The minimum atomic E-state index is -3.94. The van der Waals surface area contributed by atoms with Crippen LogP contribution in [0.15, 0.2) is 71.6 Å². The van der Waals surface area contributed by atoms with E-state index in [1.807, 2.05) is 56.3 Å². The Hall–Kier alpha value is -2.67. The van der Waals surface area contributed by atoms with Crippen LogP contribution < -0.4 is 5.32 Å². The molecule has 5 nitrogen and oxygen atoms in total. The number of carbonyl (C=O) groups is 1. The summed E-state index contributed by atoms with van der Waals surface area (Å²) in [4.78, 5) is 13.2. The smallest absolute Gasteiger partial charge is 0.244 e. The fraction of sp³-hybridized carbons (Fsp3) is 0.269. The molecular weight excluding hydrogens is 456 g/mol. The molecule has 3 rings (SSSR count). The van der Waals surface area contributed by atoms with Crippen molar-refractivity contribution in [3.63, 3.8) is 0 Å². The summed E-state index contributed by atoms with van der Waals surface area (Å²) < 4.78 is 28.8. The molecule has 0 radical (unpaired) electrons. The summed E-state index contributed by atoms with van der Waals surface area (Å²) in [5, 5.41) is 3.48. The first-order valence-corrected chi connectivity index (χ1v) is 12.6. The third-order valence-electron chi connectivity index (χ3n) is 5.47. The van der Waals surface area contributed by atoms with E-state index in [-0.39, 0.29) is 29.9 Å². The molecule has 1 atom stereocenters. The highest BCUT2D eigenvalue weighted by molar-refractivity contribution is 7.89. The fourth-order valence-electron chi connectivity index (χ4n) is 3.99. The summed E-state index contributed by atoms with van der Waals surface area (Å²) in [6, 6.07) is 20.0. The molecule has 1 amide bonds. The second kappa shape index (κ2) is 10.5. The maximum atomic E-state index is 13.8. The van der Waals surface area contributed by atoms with Crippen molar-refractivity contribution in [3.8, 4) is 0 Å². The third kappa shape index (κ3) is 6.22. The highest BCUT2D eigenvalue weighted by atomic mass is 35.5. The molecule has 0 saturated heterocycles. The molecule has 3 aromatic carbocycles. The average molecular weight is 485 g/mol. The molecule has 0 aliphatic carbocycles. The lowest BCUT2D eigenvalue weighted by Crippen LogP contribution is -2.41. The monoisotopic (exact) mass is 484 g/mol. The Morgan fingerprint density at radius 3 is 2.12 bits per heavy atom. The van der Waals surface area contributed by atoms with E-state index in [2.05, 4.69) is 5.32 Å². The van der Waals surface area contributed by atoms with Crippen molar-refractivity contribution in [3.05, 3.63) is 99.6 Å². The number of halogens is 1. The maximum Gasteiger partial charge on any atom is 0.244 e. The third-order valence-corrected chi connectivity index (χ3v) is 7.82. The molecule has 0 bridgehead atoms. The molecule has 0 spiro atoms. The minimum absolute atomic E-state index is 0.0550. The summed E-state index contributed by atoms with van der Waals surface area (Å²) in [6.45, 7) is 7.13. The molecular formula is C26H29ClN2O3S. The number of carbonyl (C=O) groups excluding carboxylic acids is 1. The molecule has 1 N–H and O–H groups in total. The van der Waals surface area contributed by atoms with Gasteiger partial charge in [0.15, 0.2) is 0 Å². The highest BCUT2D eigenvalue weighted by Gasteiger charge is 2.30. The molecule has 0 heterocycles. The SMILES string of the molecule is Cc1cc(C)c(S(=O)(=O)N(CC(=O)N[C@H](C)c2ccccc2)Cc2ccc(Cl)cc2)c(C)c1. The van der Waals surface area contributed by atoms with Crippen LogP contribution >= 0.6 is 11.6 Å². The number of hydrogen-bond acceptors (Lipinski definition) is 3. The lowest BCUT2D eigenvalue weighted by Gasteiger charge is -2.25. The predicted molar refractivity (Wildman–Crippen MR) is 133 cm³/mol. The van der Waals surface area contributed by atoms with Gasteiger partial charge in [-0.15, -0.1) is 0 Å². The van der Waals surface area contributed by atoms with Crippen LogP contribution in [0.1, 0.15) is 40.8 Å². The Labute approximate surface area is 201 Å². The topological polar surface area (TPSA) is 66.5 Å². The Morgan fingerprint density at radius 2 is 1.55 bits per heavy atom. The van der Waals surface area contributed by atoms with E-state index < -0.39 is 10.0 Å². The van der Waals surface area contributed by atoms with Crippen LogP contribution in [0, 0.1) is 20.8 Å². The lowest BCUT2D eigenvalue weighted by atomic mass is 10.1. The largest absolute Gasteiger partial charge is 0.348 e. The van der Waals surface area contributed by atoms with Crippen molar-refractivity contribution in [1.82, 2.24) is 9.62 Å². The number of hydrogen-bond donors (Lipinski definition) is 1. The van der Waals surface area contributed by atoms with E-state index in [0.717, 1.165) is 16.7 Å². The summed E-state index contributed by atoms with van der Waals surface area (Å²) in [7, 11) is -3.94. The lowest BCUT2D eigenvalue weighted by molar-refractivity contribution is -0.122. The summed E-state index contributed by atoms with van der Waals surface area (Å²) in [6.07, 6.45) is 0. The predicted octanol–water partition coefficient (Wildman–Crippen LogP) is 5.33. The van der Waals surface area contributed by atoms with Gasteiger partial charge in [0.1, 0.15) is 0 Å². The Morgan fingerprint density at radius 1 is 0.970 bits per heavy atom. The average Bonchev–Trinajstić information content (AvgIpc) is 2.74. The molecule has 3 aromatic rings. The summed E-state index contributed by atoms with van der Waals surface area (Å²) in [5.41, 5.74) is 4.00. The number of nitrogens with one attached hydrogen (secondary N) is 1. The quantitative estimate of drug-likeness (QED) is 0.469. The van der Waals surface area contributed by atoms with Crippen molar-refractivity contribution < 1.29 is 13.2 Å². The molecule has 7 heteroatoms. The number of nitrogens with zero attached hydrogens (tertiary/aromatic N) is 1. The first-order chi connectivity index (χ1) is 15.6. The normalized spacial score (nSPS) is 12.5. The van der Waals surface area contributed by atoms with Crippen molar-refractivity contribution >= 4 is 27.5 Å². The summed E-state index contributed by atoms with van der Waals surface area (Å²) >= 11 is 5.99. The Kier molecular flexibility index (Phi) is 7.95. The van der Waals surface area contributed by atoms with Gasteiger partial charge in [0.05, 0.1) is 17.5 Å². The van der Waals surface area contributed by atoms with Crippen molar-refractivity contribution in [2.75, 3.05) is 6.54 Å². The first kappa shape index (κ1) is 25.0. The van der Waals surface area contributed by atoms with Gasteiger partial charge in [0.25, 0.3) is 0 Å². The van der Waals surface area contributed by atoms with Gasteiger partial charge in [-0.05, 0) is 62.1 Å². The van der Waals surface area contributed by atoms with E-state index in [1.54, 1.807) is 38.1 Å². The van der Waals surface area contributed by atoms with Crippen molar-refractivity contribution in [2.45, 2.75) is 45.2 Å². The number of sulfonamides is 1. The first-order valence-electron chi connectivity index (χ1n) is 10.7. The Bertz CT molecular complexity index is 1200. The zero-order chi connectivity index (χ0) is 24.2. The number of rotatable bonds is 8. The van der Waals surface area contributed by atoms with E-state index in [0.29, 0.717) is 16.1 Å².